The second-order valence-corrected chi connectivity index (χ2v) is 4.86. The van der Waals surface area contributed by atoms with Crippen molar-refractivity contribution >= 4 is 0 Å². The van der Waals surface area contributed by atoms with Crippen molar-refractivity contribution in [1.82, 2.24) is 5.32 Å². The van der Waals surface area contributed by atoms with Gasteiger partial charge in [0.2, 0.25) is 0 Å². The normalized spacial score (nSPS) is 22.6. The SMILES string of the molecule is CCNCC1(OC(C)CC)CCCCC1. The molecule has 0 aromatic carbocycles. The molecule has 1 aliphatic rings. The molecule has 0 amide bonds. The van der Waals surface area contributed by atoms with E-state index in [2.05, 4.69) is 26.1 Å². The summed E-state index contributed by atoms with van der Waals surface area (Å²) in [5, 5.41) is 3.46. The molecule has 1 rings (SSSR count). The third kappa shape index (κ3) is 4.12. The van der Waals surface area contributed by atoms with Crippen molar-refractivity contribution in [3.05, 3.63) is 0 Å². The van der Waals surface area contributed by atoms with Crippen molar-refractivity contribution in [3.8, 4) is 0 Å². The predicted octanol–water partition coefficient (Wildman–Crippen LogP) is 3.11. The fourth-order valence-electron chi connectivity index (χ4n) is 2.40. The van der Waals surface area contributed by atoms with Crippen LogP contribution < -0.4 is 5.32 Å². The van der Waals surface area contributed by atoms with E-state index in [1.807, 2.05) is 0 Å². The standard InChI is InChI=1S/C13H27NO/c1-4-12(3)15-13(11-14-5-2)9-7-6-8-10-13/h12,14H,4-11H2,1-3H3. The van der Waals surface area contributed by atoms with Gasteiger partial charge in [0, 0.05) is 6.54 Å². The van der Waals surface area contributed by atoms with Gasteiger partial charge in [-0.1, -0.05) is 33.1 Å². The van der Waals surface area contributed by atoms with Crippen LogP contribution in [0.5, 0.6) is 0 Å². The van der Waals surface area contributed by atoms with Crippen LogP contribution in [0.1, 0.15) is 59.3 Å². The number of likely N-dealkylation sites (N-methyl/N-ethyl adjacent to an activating group) is 1. The molecule has 0 heterocycles. The molecular formula is C13H27NO. The van der Waals surface area contributed by atoms with Gasteiger partial charge in [-0.2, -0.15) is 0 Å². The van der Waals surface area contributed by atoms with Crippen molar-refractivity contribution in [2.75, 3.05) is 13.1 Å². The fraction of sp³-hybridized carbons (Fsp3) is 1.00. The Hall–Kier alpha value is -0.0800. The van der Waals surface area contributed by atoms with E-state index in [1.54, 1.807) is 0 Å². The van der Waals surface area contributed by atoms with Crippen LogP contribution in [0.3, 0.4) is 0 Å². The molecule has 0 saturated heterocycles. The molecule has 1 saturated carbocycles. The number of ether oxygens (including phenoxy) is 1. The van der Waals surface area contributed by atoms with Crippen LogP contribution in [-0.4, -0.2) is 24.8 Å². The number of hydrogen-bond acceptors (Lipinski definition) is 2. The van der Waals surface area contributed by atoms with Gasteiger partial charge in [0.25, 0.3) is 0 Å². The van der Waals surface area contributed by atoms with Gasteiger partial charge >= 0.3 is 0 Å². The first-order valence-electron chi connectivity index (χ1n) is 6.61. The summed E-state index contributed by atoms with van der Waals surface area (Å²) < 4.78 is 6.27. The van der Waals surface area contributed by atoms with E-state index in [0.29, 0.717) is 6.10 Å². The topological polar surface area (TPSA) is 21.3 Å². The maximum atomic E-state index is 6.27. The molecule has 2 nitrogen and oxygen atoms in total. The van der Waals surface area contributed by atoms with Gasteiger partial charge in [0.05, 0.1) is 11.7 Å². The van der Waals surface area contributed by atoms with E-state index in [4.69, 9.17) is 4.74 Å². The van der Waals surface area contributed by atoms with E-state index in [-0.39, 0.29) is 5.60 Å². The van der Waals surface area contributed by atoms with Crippen molar-refractivity contribution in [1.29, 1.82) is 0 Å². The van der Waals surface area contributed by atoms with Crippen molar-refractivity contribution in [2.24, 2.45) is 0 Å². The van der Waals surface area contributed by atoms with Crippen LogP contribution in [0.2, 0.25) is 0 Å². The van der Waals surface area contributed by atoms with E-state index >= 15 is 0 Å². The zero-order chi connectivity index (χ0) is 11.1. The summed E-state index contributed by atoms with van der Waals surface area (Å²) in [7, 11) is 0. The number of rotatable bonds is 6. The summed E-state index contributed by atoms with van der Waals surface area (Å²) in [5.74, 6) is 0. The molecule has 0 aromatic heterocycles. The van der Waals surface area contributed by atoms with Crippen LogP contribution in [0, 0.1) is 0 Å². The van der Waals surface area contributed by atoms with E-state index < -0.39 is 0 Å². The largest absolute Gasteiger partial charge is 0.371 e. The molecule has 0 aliphatic heterocycles. The summed E-state index contributed by atoms with van der Waals surface area (Å²) in [4.78, 5) is 0. The molecule has 0 aromatic rings. The van der Waals surface area contributed by atoms with E-state index in [9.17, 15) is 0 Å². The first-order chi connectivity index (χ1) is 7.22. The molecule has 0 spiro atoms. The van der Waals surface area contributed by atoms with Crippen LogP contribution >= 0.6 is 0 Å². The minimum Gasteiger partial charge on any atom is -0.371 e. The van der Waals surface area contributed by atoms with Gasteiger partial charge in [-0.25, -0.2) is 0 Å². The highest BCUT2D eigenvalue weighted by atomic mass is 16.5. The molecular weight excluding hydrogens is 186 g/mol. The zero-order valence-corrected chi connectivity index (χ0v) is 10.6. The quantitative estimate of drug-likeness (QED) is 0.732. The first-order valence-corrected chi connectivity index (χ1v) is 6.61. The average Bonchev–Trinajstić information content (AvgIpc) is 2.27. The molecule has 2 heteroatoms. The predicted molar refractivity (Wildman–Crippen MR) is 65.2 cm³/mol. The highest BCUT2D eigenvalue weighted by molar-refractivity contribution is 4.87. The maximum Gasteiger partial charge on any atom is 0.0809 e. The Morgan fingerprint density at radius 1 is 1.20 bits per heavy atom. The number of nitrogens with one attached hydrogen (secondary N) is 1. The van der Waals surface area contributed by atoms with Crippen molar-refractivity contribution in [3.63, 3.8) is 0 Å². The Labute approximate surface area is 94.8 Å². The summed E-state index contributed by atoms with van der Waals surface area (Å²) in [6, 6.07) is 0. The highest BCUT2D eigenvalue weighted by Crippen LogP contribution is 2.32. The van der Waals surface area contributed by atoms with Gasteiger partial charge in [-0.05, 0) is 32.7 Å². The Balaban J connectivity index is 2.49. The third-order valence-electron chi connectivity index (χ3n) is 3.49. The Morgan fingerprint density at radius 2 is 1.87 bits per heavy atom. The van der Waals surface area contributed by atoms with Crippen LogP contribution in [0.4, 0.5) is 0 Å². The third-order valence-corrected chi connectivity index (χ3v) is 3.49. The fourth-order valence-corrected chi connectivity index (χ4v) is 2.40. The summed E-state index contributed by atoms with van der Waals surface area (Å²) in [6.07, 6.45) is 8.06. The molecule has 0 radical (unpaired) electrons. The lowest BCUT2D eigenvalue weighted by atomic mass is 9.84. The lowest BCUT2D eigenvalue weighted by Gasteiger charge is -2.39. The lowest BCUT2D eigenvalue weighted by molar-refractivity contribution is -0.106. The van der Waals surface area contributed by atoms with Gasteiger partial charge in [-0.15, -0.1) is 0 Å². The minimum atomic E-state index is 0.143. The highest BCUT2D eigenvalue weighted by Gasteiger charge is 2.33. The molecule has 1 aliphatic carbocycles. The zero-order valence-electron chi connectivity index (χ0n) is 10.6. The van der Waals surface area contributed by atoms with Crippen LogP contribution in [0.15, 0.2) is 0 Å². The lowest BCUT2D eigenvalue weighted by Crippen LogP contribution is -2.46. The smallest absolute Gasteiger partial charge is 0.0809 e. The van der Waals surface area contributed by atoms with Gasteiger partial charge < -0.3 is 10.1 Å². The monoisotopic (exact) mass is 213 g/mol. The Morgan fingerprint density at radius 3 is 2.40 bits per heavy atom. The molecule has 1 N–H and O–H groups in total. The second kappa shape index (κ2) is 6.49. The minimum absolute atomic E-state index is 0.143. The second-order valence-electron chi connectivity index (χ2n) is 4.86. The van der Waals surface area contributed by atoms with E-state index in [0.717, 1.165) is 19.5 Å². The molecule has 0 bridgehead atoms. The Bertz CT molecular complexity index is 164. The maximum absolute atomic E-state index is 6.27. The molecule has 1 unspecified atom stereocenters. The van der Waals surface area contributed by atoms with Crippen molar-refractivity contribution in [2.45, 2.75) is 71.0 Å². The van der Waals surface area contributed by atoms with Crippen molar-refractivity contribution < 1.29 is 4.74 Å². The summed E-state index contributed by atoms with van der Waals surface area (Å²) in [5.41, 5.74) is 0.143. The van der Waals surface area contributed by atoms with Gasteiger partial charge in [0.15, 0.2) is 0 Å². The molecule has 1 fully saturated rings. The molecule has 90 valence electrons. The molecule has 1 atom stereocenters. The van der Waals surface area contributed by atoms with E-state index in [1.165, 1.54) is 32.1 Å². The summed E-state index contributed by atoms with van der Waals surface area (Å²) in [6.45, 7) is 8.65. The average molecular weight is 213 g/mol. The number of hydrogen-bond donors (Lipinski definition) is 1. The first kappa shape index (κ1) is 13.0. The Kier molecular flexibility index (Phi) is 5.62. The van der Waals surface area contributed by atoms with Gasteiger partial charge in [-0.3, -0.25) is 0 Å². The van der Waals surface area contributed by atoms with Crippen LogP contribution in [-0.2, 0) is 4.74 Å². The van der Waals surface area contributed by atoms with Crippen LogP contribution in [0.25, 0.3) is 0 Å². The molecule has 15 heavy (non-hydrogen) atoms. The summed E-state index contributed by atoms with van der Waals surface area (Å²) >= 11 is 0. The van der Waals surface area contributed by atoms with Gasteiger partial charge in [0.1, 0.15) is 0 Å².